The maximum absolute atomic E-state index is 10.8. The number of nitrogens with zero attached hydrogens (tertiary/aromatic N) is 3. The first kappa shape index (κ1) is 20.9. The molecule has 3 rings (SSSR count). The second-order valence-electron chi connectivity index (χ2n) is 6.90. The van der Waals surface area contributed by atoms with Crippen LogP contribution < -0.4 is 14.2 Å². The van der Waals surface area contributed by atoms with Crippen LogP contribution in [0.15, 0.2) is 42.5 Å². The van der Waals surface area contributed by atoms with Gasteiger partial charge in [0.25, 0.3) is 5.69 Å². The lowest BCUT2D eigenvalue weighted by molar-refractivity contribution is -0.384. The number of methoxy groups -OCH3 is 2. The van der Waals surface area contributed by atoms with Crippen LogP contribution in [0.5, 0.6) is 17.2 Å². The minimum atomic E-state index is -0.413. The highest BCUT2D eigenvalue weighted by Crippen LogP contribution is 2.25. The monoisotopic (exact) mass is 401 g/mol. The molecule has 0 aromatic heterocycles. The van der Waals surface area contributed by atoms with E-state index in [-0.39, 0.29) is 5.69 Å². The first-order valence-corrected chi connectivity index (χ1v) is 9.62. The summed E-state index contributed by atoms with van der Waals surface area (Å²) in [5.74, 6) is 2.24. The van der Waals surface area contributed by atoms with E-state index in [2.05, 4.69) is 9.80 Å². The Labute approximate surface area is 170 Å². The highest BCUT2D eigenvalue weighted by atomic mass is 16.6. The smallest absolute Gasteiger partial charge is 0.273 e. The number of rotatable bonds is 9. The van der Waals surface area contributed by atoms with E-state index in [0.717, 1.165) is 56.3 Å². The normalized spacial score (nSPS) is 15.1. The zero-order valence-corrected chi connectivity index (χ0v) is 16.9. The van der Waals surface area contributed by atoms with Crippen LogP contribution in [0.4, 0.5) is 5.69 Å². The topological polar surface area (TPSA) is 77.3 Å². The van der Waals surface area contributed by atoms with E-state index in [9.17, 15) is 10.1 Å². The third-order valence-electron chi connectivity index (χ3n) is 5.05. The molecule has 1 fully saturated rings. The lowest BCUT2D eigenvalue weighted by Crippen LogP contribution is -2.47. The summed E-state index contributed by atoms with van der Waals surface area (Å²) < 4.78 is 16.5. The molecule has 2 aromatic rings. The number of benzene rings is 2. The van der Waals surface area contributed by atoms with E-state index in [1.165, 1.54) is 12.1 Å². The fourth-order valence-electron chi connectivity index (χ4n) is 3.40. The lowest BCUT2D eigenvalue weighted by Gasteiger charge is -2.34. The highest BCUT2D eigenvalue weighted by Gasteiger charge is 2.18. The molecule has 0 unspecified atom stereocenters. The summed E-state index contributed by atoms with van der Waals surface area (Å²) in [6, 6.07) is 12.2. The Morgan fingerprint density at radius 3 is 2.41 bits per heavy atom. The molecule has 0 bridgehead atoms. The Bertz CT molecular complexity index is 822. The molecule has 0 radical (unpaired) electrons. The molecule has 8 heteroatoms. The maximum Gasteiger partial charge on any atom is 0.273 e. The molecule has 1 aliphatic heterocycles. The van der Waals surface area contributed by atoms with Gasteiger partial charge in [-0.2, -0.15) is 0 Å². The van der Waals surface area contributed by atoms with Gasteiger partial charge in [0.2, 0.25) is 0 Å². The molecule has 8 nitrogen and oxygen atoms in total. The van der Waals surface area contributed by atoms with Crippen molar-refractivity contribution < 1.29 is 19.1 Å². The molecule has 0 saturated carbocycles. The second kappa shape index (κ2) is 10.1. The Hall–Kier alpha value is -2.84. The number of hydrogen-bond acceptors (Lipinski definition) is 7. The van der Waals surface area contributed by atoms with Crippen LogP contribution in [0.2, 0.25) is 0 Å². The molecule has 1 aliphatic rings. The van der Waals surface area contributed by atoms with Gasteiger partial charge >= 0.3 is 0 Å². The van der Waals surface area contributed by atoms with E-state index < -0.39 is 4.92 Å². The van der Waals surface area contributed by atoms with E-state index in [1.54, 1.807) is 26.4 Å². The molecule has 0 amide bonds. The molecule has 156 valence electrons. The molecule has 2 aromatic carbocycles. The fraction of sp³-hybridized carbons (Fsp3) is 0.429. The molecular weight excluding hydrogens is 374 g/mol. The van der Waals surface area contributed by atoms with Crippen molar-refractivity contribution in [2.24, 2.45) is 0 Å². The van der Waals surface area contributed by atoms with Crippen LogP contribution in [0.3, 0.4) is 0 Å². The van der Waals surface area contributed by atoms with Gasteiger partial charge in [0.1, 0.15) is 23.9 Å². The van der Waals surface area contributed by atoms with Crippen molar-refractivity contribution in [2.75, 3.05) is 53.6 Å². The predicted molar refractivity (Wildman–Crippen MR) is 110 cm³/mol. The summed E-state index contributed by atoms with van der Waals surface area (Å²) in [5, 5.41) is 10.8. The van der Waals surface area contributed by atoms with E-state index in [0.29, 0.717) is 12.4 Å². The Balaban J connectivity index is 1.44. The van der Waals surface area contributed by atoms with Gasteiger partial charge in [-0.15, -0.1) is 0 Å². The highest BCUT2D eigenvalue weighted by molar-refractivity contribution is 5.40. The number of piperazine rings is 1. The molecule has 29 heavy (non-hydrogen) atoms. The van der Waals surface area contributed by atoms with Crippen LogP contribution in [0.25, 0.3) is 0 Å². The van der Waals surface area contributed by atoms with Crippen molar-refractivity contribution in [1.29, 1.82) is 0 Å². The van der Waals surface area contributed by atoms with Crippen LogP contribution >= 0.6 is 0 Å². The van der Waals surface area contributed by atoms with Crippen molar-refractivity contribution in [3.8, 4) is 17.2 Å². The van der Waals surface area contributed by atoms with E-state index in [4.69, 9.17) is 14.2 Å². The number of non-ortho nitro benzene ring substituents is 1. The van der Waals surface area contributed by atoms with Crippen LogP contribution in [-0.2, 0) is 6.54 Å². The predicted octanol–water partition coefficient (Wildman–Crippen LogP) is 2.81. The Morgan fingerprint density at radius 2 is 1.72 bits per heavy atom. The molecule has 1 saturated heterocycles. The van der Waals surface area contributed by atoms with Gasteiger partial charge in [0, 0.05) is 50.9 Å². The Morgan fingerprint density at radius 1 is 0.966 bits per heavy atom. The number of ether oxygens (including phenoxy) is 3. The quantitative estimate of drug-likeness (QED) is 0.472. The Kier molecular flexibility index (Phi) is 7.26. The summed E-state index contributed by atoms with van der Waals surface area (Å²) in [6.07, 6.45) is 0. The first-order chi connectivity index (χ1) is 14.1. The minimum Gasteiger partial charge on any atom is -0.497 e. The zero-order chi connectivity index (χ0) is 20.6. The van der Waals surface area contributed by atoms with E-state index >= 15 is 0 Å². The average Bonchev–Trinajstić information content (AvgIpc) is 2.75. The van der Waals surface area contributed by atoms with Crippen LogP contribution in [0.1, 0.15) is 5.56 Å². The number of hydrogen-bond donors (Lipinski definition) is 0. The third-order valence-corrected chi connectivity index (χ3v) is 5.05. The van der Waals surface area contributed by atoms with Crippen LogP contribution in [-0.4, -0.2) is 68.3 Å². The number of nitro groups is 1. The van der Waals surface area contributed by atoms with Crippen molar-refractivity contribution in [3.05, 3.63) is 58.1 Å². The van der Waals surface area contributed by atoms with Gasteiger partial charge in [-0.1, -0.05) is 6.07 Å². The summed E-state index contributed by atoms with van der Waals surface area (Å²) in [4.78, 5) is 15.2. The summed E-state index contributed by atoms with van der Waals surface area (Å²) in [7, 11) is 3.35. The average molecular weight is 401 g/mol. The largest absolute Gasteiger partial charge is 0.497 e. The van der Waals surface area contributed by atoms with Gasteiger partial charge in [-0.05, 0) is 24.3 Å². The molecule has 0 N–H and O–H groups in total. The van der Waals surface area contributed by atoms with Gasteiger partial charge in [-0.3, -0.25) is 19.9 Å². The van der Waals surface area contributed by atoms with E-state index in [1.807, 2.05) is 18.2 Å². The van der Waals surface area contributed by atoms with Crippen molar-refractivity contribution >= 4 is 5.69 Å². The standard InChI is InChI=1S/C21H27N3O5/c1-27-19-6-7-21(28-2)17(14-19)16-23-10-8-22(9-11-23)12-13-29-20-5-3-4-18(15-20)24(25)26/h3-7,14-15H,8-13,16H2,1-2H3. The van der Waals surface area contributed by atoms with Crippen molar-refractivity contribution in [3.63, 3.8) is 0 Å². The second-order valence-corrected chi connectivity index (χ2v) is 6.90. The fourth-order valence-corrected chi connectivity index (χ4v) is 3.40. The van der Waals surface area contributed by atoms with Gasteiger partial charge in [0.15, 0.2) is 0 Å². The van der Waals surface area contributed by atoms with Gasteiger partial charge in [0.05, 0.1) is 25.2 Å². The van der Waals surface area contributed by atoms with Crippen molar-refractivity contribution in [1.82, 2.24) is 9.80 Å². The SMILES string of the molecule is COc1ccc(OC)c(CN2CCN(CCOc3cccc([N+](=O)[O-])c3)CC2)c1. The minimum absolute atomic E-state index is 0.0454. The van der Waals surface area contributed by atoms with Crippen LogP contribution in [0, 0.1) is 10.1 Å². The van der Waals surface area contributed by atoms with Gasteiger partial charge in [-0.25, -0.2) is 0 Å². The third kappa shape index (κ3) is 5.82. The molecule has 1 heterocycles. The summed E-state index contributed by atoms with van der Waals surface area (Å²) in [6.45, 7) is 5.92. The maximum atomic E-state index is 10.8. The molecule has 0 spiro atoms. The molecule has 0 aliphatic carbocycles. The zero-order valence-electron chi connectivity index (χ0n) is 16.9. The molecule has 0 atom stereocenters. The lowest BCUT2D eigenvalue weighted by atomic mass is 10.1. The summed E-state index contributed by atoms with van der Waals surface area (Å²) in [5.41, 5.74) is 1.17. The summed E-state index contributed by atoms with van der Waals surface area (Å²) >= 11 is 0. The first-order valence-electron chi connectivity index (χ1n) is 9.62. The van der Waals surface area contributed by atoms with Gasteiger partial charge < -0.3 is 14.2 Å². The number of nitro benzene ring substituents is 1. The van der Waals surface area contributed by atoms with Crippen molar-refractivity contribution in [2.45, 2.75) is 6.54 Å². The molecular formula is C21H27N3O5.